The Morgan fingerprint density at radius 3 is 2.29 bits per heavy atom. The van der Waals surface area contributed by atoms with Crippen LogP contribution in [0.5, 0.6) is 0 Å². The second kappa shape index (κ2) is 5.33. The van der Waals surface area contributed by atoms with Crippen molar-refractivity contribution in [1.82, 2.24) is 4.72 Å². The molecule has 1 N–H and O–H groups in total. The highest BCUT2D eigenvalue weighted by molar-refractivity contribution is 7.89. The fourth-order valence-electron chi connectivity index (χ4n) is 1.19. The van der Waals surface area contributed by atoms with E-state index in [4.69, 9.17) is 11.6 Å². The molecule has 0 radical (unpaired) electrons. The van der Waals surface area contributed by atoms with Gasteiger partial charge < -0.3 is 0 Å². The lowest BCUT2D eigenvalue weighted by Gasteiger charge is -2.26. The molecule has 0 aliphatic carbocycles. The van der Waals surface area contributed by atoms with Crippen molar-refractivity contribution in [2.24, 2.45) is 0 Å². The molecule has 1 unspecified atom stereocenters. The van der Waals surface area contributed by atoms with Crippen molar-refractivity contribution in [2.45, 2.75) is 30.7 Å². The van der Waals surface area contributed by atoms with Crippen LogP contribution in [0.4, 0.5) is 4.39 Å². The van der Waals surface area contributed by atoms with Crippen LogP contribution in [-0.2, 0) is 10.0 Å². The summed E-state index contributed by atoms with van der Waals surface area (Å²) in [4.78, 5) is 0.0312. The molecule has 1 aromatic carbocycles. The minimum absolute atomic E-state index is 0.0312. The molecule has 0 aliphatic heterocycles. The summed E-state index contributed by atoms with van der Waals surface area (Å²) in [5.41, 5.74) is -0.700. The molecule has 0 saturated carbocycles. The minimum atomic E-state index is -3.66. The van der Waals surface area contributed by atoms with Gasteiger partial charge in [-0.25, -0.2) is 17.5 Å². The molecule has 1 aromatic rings. The zero-order valence-electron chi connectivity index (χ0n) is 9.70. The summed E-state index contributed by atoms with van der Waals surface area (Å²) in [6.07, 6.45) is 0.566. The Labute approximate surface area is 106 Å². The van der Waals surface area contributed by atoms with E-state index in [1.165, 1.54) is 12.1 Å². The quantitative estimate of drug-likeness (QED) is 0.842. The van der Waals surface area contributed by atoms with Crippen LogP contribution in [0.25, 0.3) is 0 Å². The maximum Gasteiger partial charge on any atom is 0.241 e. The van der Waals surface area contributed by atoms with Crippen LogP contribution in [0, 0.1) is 5.82 Å². The first kappa shape index (κ1) is 14.4. The van der Waals surface area contributed by atoms with Crippen molar-refractivity contribution < 1.29 is 12.8 Å². The monoisotopic (exact) mass is 279 g/mol. The summed E-state index contributed by atoms with van der Waals surface area (Å²) in [5.74, 6) is -0.302. The fraction of sp³-hybridized carbons (Fsp3) is 0.455. The lowest BCUT2D eigenvalue weighted by molar-refractivity contribution is 0.444. The summed E-state index contributed by atoms with van der Waals surface area (Å²) in [5, 5.41) is 0. The van der Waals surface area contributed by atoms with Gasteiger partial charge in [0.2, 0.25) is 10.0 Å². The normalized spacial score (nSPS) is 15.5. The third kappa shape index (κ3) is 3.66. The van der Waals surface area contributed by atoms with Gasteiger partial charge in [0.05, 0.1) is 4.90 Å². The van der Waals surface area contributed by atoms with Crippen molar-refractivity contribution in [1.29, 1.82) is 0 Å². The zero-order valence-corrected chi connectivity index (χ0v) is 11.3. The highest BCUT2D eigenvalue weighted by atomic mass is 35.5. The van der Waals surface area contributed by atoms with Crippen LogP contribution in [0.3, 0.4) is 0 Å². The van der Waals surface area contributed by atoms with Gasteiger partial charge in [-0.05, 0) is 37.6 Å². The maximum absolute atomic E-state index is 12.7. The number of sulfonamides is 1. The standard InChI is InChI=1S/C11H15ClFNO2S/c1-3-11(2,8-12)14-17(15,16)10-6-4-9(13)5-7-10/h4-7,14H,3,8H2,1-2H3. The summed E-state index contributed by atoms with van der Waals surface area (Å²) in [6, 6.07) is 4.67. The molecular weight excluding hydrogens is 265 g/mol. The van der Waals surface area contributed by atoms with Gasteiger partial charge in [-0.1, -0.05) is 6.92 Å². The van der Waals surface area contributed by atoms with E-state index in [0.29, 0.717) is 6.42 Å². The van der Waals surface area contributed by atoms with Crippen molar-refractivity contribution in [3.63, 3.8) is 0 Å². The Bertz CT molecular complexity index is 469. The SMILES string of the molecule is CCC(C)(CCl)NS(=O)(=O)c1ccc(F)cc1. The molecule has 0 amide bonds. The predicted molar refractivity (Wildman–Crippen MR) is 66.1 cm³/mol. The van der Waals surface area contributed by atoms with Gasteiger partial charge in [-0.2, -0.15) is 0 Å². The first-order valence-electron chi connectivity index (χ1n) is 5.18. The Morgan fingerprint density at radius 2 is 1.88 bits per heavy atom. The number of benzene rings is 1. The largest absolute Gasteiger partial charge is 0.241 e. The summed E-state index contributed by atoms with van der Waals surface area (Å²) < 4.78 is 39.2. The number of alkyl halides is 1. The van der Waals surface area contributed by atoms with Gasteiger partial charge in [0, 0.05) is 11.4 Å². The average Bonchev–Trinajstić information content (AvgIpc) is 2.29. The molecule has 6 heteroatoms. The van der Waals surface area contributed by atoms with E-state index in [2.05, 4.69) is 4.72 Å². The molecular formula is C11H15ClFNO2S. The molecule has 0 bridgehead atoms. The molecule has 0 fully saturated rings. The number of rotatable bonds is 5. The third-order valence-corrected chi connectivity index (χ3v) is 4.82. The van der Waals surface area contributed by atoms with E-state index in [1.54, 1.807) is 6.92 Å². The molecule has 0 heterocycles. The van der Waals surface area contributed by atoms with E-state index >= 15 is 0 Å². The molecule has 17 heavy (non-hydrogen) atoms. The predicted octanol–water partition coefficient (Wildman–Crippen LogP) is 2.51. The molecule has 0 aliphatic rings. The molecule has 1 atom stereocenters. The molecule has 1 rings (SSSR count). The highest BCUT2D eigenvalue weighted by Crippen LogP contribution is 2.17. The average molecular weight is 280 g/mol. The van der Waals surface area contributed by atoms with E-state index in [0.717, 1.165) is 12.1 Å². The van der Waals surface area contributed by atoms with Gasteiger partial charge in [0.25, 0.3) is 0 Å². The van der Waals surface area contributed by atoms with Gasteiger partial charge in [0.1, 0.15) is 5.82 Å². The number of hydrogen-bond donors (Lipinski definition) is 1. The van der Waals surface area contributed by atoms with Crippen molar-refractivity contribution in [3.05, 3.63) is 30.1 Å². The summed E-state index contributed by atoms with van der Waals surface area (Å²) >= 11 is 5.74. The van der Waals surface area contributed by atoms with Crippen LogP contribution < -0.4 is 4.72 Å². The smallest absolute Gasteiger partial charge is 0.207 e. The molecule has 0 saturated heterocycles. The van der Waals surface area contributed by atoms with Gasteiger partial charge in [-0.15, -0.1) is 11.6 Å². The van der Waals surface area contributed by atoms with Gasteiger partial charge in [0.15, 0.2) is 0 Å². The fourth-order valence-corrected chi connectivity index (χ4v) is 3.00. The molecule has 0 spiro atoms. The first-order valence-corrected chi connectivity index (χ1v) is 7.20. The lowest BCUT2D eigenvalue weighted by atomic mass is 10.0. The number of halogens is 2. The zero-order chi connectivity index (χ0) is 13.1. The Kier molecular flexibility index (Phi) is 4.52. The van der Waals surface area contributed by atoms with Crippen molar-refractivity contribution in [2.75, 3.05) is 5.88 Å². The molecule has 0 aromatic heterocycles. The first-order chi connectivity index (χ1) is 7.83. The van der Waals surface area contributed by atoms with Crippen LogP contribution in [0.15, 0.2) is 29.2 Å². The Balaban J connectivity index is 3.00. The highest BCUT2D eigenvalue weighted by Gasteiger charge is 2.28. The topological polar surface area (TPSA) is 46.2 Å². The Hall–Kier alpha value is -0.650. The van der Waals surface area contributed by atoms with Crippen LogP contribution in [0.2, 0.25) is 0 Å². The third-order valence-electron chi connectivity index (χ3n) is 2.58. The van der Waals surface area contributed by atoms with Gasteiger partial charge >= 0.3 is 0 Å². The van der Waals surface area contributed by atoms with Crippen LogP contribution in [0.1, 0.15) is 20.3 Å². The second-order valence-electron chi connectivity index (χ2n) is 4.11. The molecule has 3 nitrogen and oxygen atoms in total. The van der Waals surface area contributed by atoms with Crippen LogP contribution >= 0.6 is 11.6 Å². The number of hydrogen-bond acceptors (Lipinski definition) is 2. The summed E-state index contributed by atoms with van der Waals surface area (Å²) in [7, 11) is -3.66. The van der Waals surface area contributed by atoms with E-state index in [1.807, 2.05) is 6.92 Å². The summed E-state index contributed by atoms with van der Waals surface area (Å²) in [6.45, 7) is 3.57. The minimum Gasteiger partial charge on any atom is -0.207 e. The molecule has 96 valence electrons. The maximum atomic E-state index is 12.7. The van der Waals surface area contributed by atoms with E-state index in [-0.39, 0.29) is 10.8 Å². The van der Waals surface area contributed by atoms with Crippen LogP contribution in [-0.4, -0.2) is 19.8 Å². The second-order valence-corrected chi connectivity index (χ2v) is 6.06. The van der Waals surface area contributed by atoms with Gasteiger partial charge in [-0.3, -0.25) is 0 Å². The number of nitrogens with one attached hydrogen (secondary N) is 1. The van der Waals surface area contributed by atoms with Crippen molar-refractivity contribution in [3.8, 4) is 0 Å². The van der Waals surface area contributed by atoms with E-state index in [9.17, 15) is 12.8 Å². The lowest BCUT2D eigenvalue weighted by Crippen LogP contribution is -2.46. The van der Waals surface area contributed by atoms with Crippen molar-refractivity contribution >= 4 is 21.6 Å². The van der Waals surface area contributed by atoms with E-state index < -0.39 is 21.4 Å². The Morgan fingerprint density at radius 1 is 1.35 bits per heavy atom.